The third-order valence-electron chi connectivity index (χ3n) is 5.06. The second kappa shape index (κ2) is 7.29. The number of hydrogen-bond donors (Lipinski definition) is 2. The van der Waals surface area contributed by atoms with E-state index in [1.807, 2.05) is 6.20 Å². The molecule has 0 radical (unpaired) electrons. The molecule has 1 saturated heterocycles. The first-order valence-electron chi connectivity index (χ1n) is 8.90. The summed E-state index contributed by atoms with van der Waals surface area (Å²) in [5.74, 6) is 2.31. The summed E-state index contributed by atoms with van der Waals surface area (Å²) in [6.45, 7) is 7.14. The lowest BCUT2D eigenvalue weighted by Crippen LogP contribution is -3.27. The third kappa shape index (κ3) is 3.70. The van der Waals surface area contributed by atoms with Crippen LogP contribution >= 0.6 is 0 Å². The first-order valence-corrected chi connectivity index (χ1v) is 8.90. The van der Waals surface area contributed by atoms with Gasteiger partial charge in [0, 0.05) is 11.6 Å². The molecule has 6 nitrogen and oxygen atoms in total. The lowest BCUT2D eigenvalue weighted by Gasteiger charge is -2.29. The lowest BCUT2D eigenvalue weighted by molar-refractivity contribution is -1.02. The summed E-state index contributed by atoms with van der Waals surface area (Å²) in [5, 5.41) is 0. The molecular formula is C19H26N3O3+3. The van der Waals surface area contributed by atoms with Crippen LogP contribution in [0, 0.1) is 0 Å². The normalized spacial score (nSPS) is 22.0. The Morgan fingerprint density at radius 3 is 2.48 bits per heavy atom. The number of piperazine rings is 1. The molecule has 2 aliphatic rings. The van der Waals surface area contributed by atoms with Gasteiger partial charge in [0.05, 0.1) is 12.7 Å². The van der Waals surface area contributed by atoms with E-state index in [0.717, 1.165) is 30.3 Å². The maximum atomic E-state index is 5.54. The van der Waals surface area contributed by atoms with E-state index in [9.17, 15) is 0 Å². The van der Waals surface area contributed by atoms with Crippen molar-refractivity contribution in [2.75, 3.05) is 40.1 Å². The average Bonchev–Trinajstić information content (AvgIpc) is 3.12. The van der Waals surface area contributed by atoms with Crippen molar-refractivity contribution < 1.29 is 29.0 Å². The second-order valence-corrected chi connectivity index (χ2v) is 6.80. The molecule has 0 aliphatic carbocycles. The highest BCUT2D eigenvalue weighted by molar-refractivity contribution is 5.54. The van der Waals surface area contributed by atoms with Crippen LogP contribution in [0.4, 0.5) is 0 Å². The summed E-state index contributed by atoms with van der Waals surface area (Å²) in [7, 11) is 1.68. The summed E-state index contributed by atoms with van der Waals surface area (Å²) < 4.78 is 16.5. The zero-order chi connectivity index (χ0) is 17.1. The monoisotopic (exact) mass is 344 g/mol. The second-order valence-electron chi connectivity index (χ2n) is 6.80. The van der Waals surface area contributed by atoms with Crippen LogP contribution in [0.15, 0.2) is 36.7 Å². The Balaban J connectivity index is 1.34. The third-order valence-corrected chi connectivity index (χ3v) is 5.06. The van der Waals surface area contributed by atoms with Gasteiger partial charge in [0.15, 0.2) is 23.9 Å². The van der Waals surface area contributed by atoms with Gasteiger partial charge >= 0.3 is 0 Å². The van der Waals surface area contributed by atoms with Crippen LogP contribution in [-0.2, 0) is 13.1 Å². The van der Waals surface area contributed by atoms with Crippen molar-refractivity contribution in [3.05, 3.63) is 47.8 Å². The molecule has 0 bridgehead atoms. The van der Waals surface area contributed by atoms with E-state index in [1.165, 1.54) is 37.3 Å². The molecule has 3 heterocycles. The van der Waals surface area contributed by atoms with Gasteiger partial charge in [0.2, 0.25) is 12.5 Å². The van der Waals surface area contributed by atoms with Crippen molar-refractivity contribution in [1.29, 1.82) is 0 Å². The number of ether oxygens (including phenoxy) is 3. The largest absolute Gasteiger partial charge is 0.493 e. The summed E-state index contributed by atoms with van der Waals surface area (Å²) in [5.41, 5.74) is 2.62. The SMILES string of the molecule is COc1cc(C[NH+]2CC[NH+](Cc3ccc[nH+]c3)CC2)cc2c1OCO2. The van der Waals surface area contributed by atoms with Crippen LogP contribution in [0.2, 0.25) is 0 Å². The number of rotatable bonds is 5. The zero-order valence-corrected chi connectivity index (χ0v) is 14.6. The van der Waals surface area contributed by atoms with Crippen LogP contribution < -0.4 is 29.0 Å². The van der Waals surface area contributed by atoms with Crippen molar-refractivity contribution in [3.8, 4) is 17.2 Å². The Bertz CT molecular complexity index is 715. The Morgan fingerprint density at radius 1 is 1.04 bits per heavy atom. The minimum Gasteiger partial charge on any atom is -0.493 e. The molecule has 0 atom stereocenters. The van der Waals surface area contributed by atoms with Gasteiger partial charge < -0.3 is 24.0 Å². The van der Waals surface area contributed by atoms with E-state index < -0.39 is 0 Å². The molecule has 132 valence electrons. The minimum absolute atomic E-state index is 0.279. The maximum Gasteiger partial charge on any atom is 0.231 e. The van der Waals surface area contributed by atoms with Gasteiger partial charge in [-0.05, 0) is 18.2 Å². The van der Waals surface area contributed by atoms with Crippen molar-refractivity contribution in [2.45, 2.75) is 13.1 Å². The van der Waals surface area contributed by atoms with Crippen molar-refractivity contribution in [2.24, 2.45) is 0 Å². The number of quaternary nitrogens is 2. The Labute approximate surface area is 147 Å². The molecule has 0 unspecified atom stereocenters. The van der Waals surface area contributed by atoms with Gasteiger partial charge in [-0.25, -0.2) is 4.98 Å². The maximum absolute atomic E-state index is 5.54. The Kier molecular flexibility index (Phi) is 4.72. The van der Waals surface area contributed by atoms with E-state index in [2.05, 4.69) is 35.4 Å². The summed E-state index contributed by atoms with van der Waals surface area (Å²) in [4.78, 5) is 6.44. The summed E-state index contributed by atoms with van der Waals surface area (Å²) in [6, 6.07) is 8.45. The molecule has 1 aromatic heterocycles. The Morgan fingerprint density at radius 2 is 1.80 bits per heavy atom. The fraction of sp³-hybridized carbons (Fsp3) is 0.421. The number of fused-ring (bicyclic) bond motifs is 1. The van der Waals surface area contributed by atoms with Crippen LogP contribution in [0.3, 0.4) is 0 Å². The highest BCUT2D eigenvalue weighted by atomic mass is 16.7. The molecule has 3 N–H and O–H groups in total. The fourth-order valence-corrected chi connectivity index (χ4v) is 3.71. The highest BCUT2D eigenvalue weighted by Gasteiger charge is 2.26. The first-order chi connectivity index (χ1) is 12.3. The highest BCUT2D eigenvalue weighted by Crippen LogP contribution is 2.41. The number of benzene rings is 1. The van der Waals surface area contributed by atoms with Crippen LogP contribution in [0.25, 0.3) is 0 Å². The topological polar surface area (TPSA) is 50.7 Å². The van der Waals surface area contributed by atoms with Gasteiger partial charge in [-0.2, -0.15) is 0 Å². The predicted molar refractivity (Wildman–Crippen MR) is 90.9 cm³/mol. The smallest absolute Gasteiger partial charge is 0.231 e. The van der Waals surface area contributed by atoms with Crippen LogP contribution in [0.1, 0.15) is 11.1 Å². The number of aromatic amines is 1. The minimum atomic E-state index is 0.279. The zero-order valence-electron chi connectivity index (χ0n) is 14.6. The van der Waals surface area contributed by atoms with E-state index >= 15 is 0 Å². The van der Waals surface area contributed by atoms with E-state index in [4.69, 9.17) is 14.2 Å². The molecule has 25 heavy (non-hydrogen) atoms. The lowest BCUT2D eigenvalue weighted by atomic mass is 10.1. The van der Waals surface area contributed by atoms with Gasteiger partial charge in [0.1, 0.15) is 39.3 Å². The fourth-order valence-electron chi connectivity index (χ4n) is 3.71. The summed E-state index contributed by atoms with van der Waals surface area (Å²) >= 11 is 0. The van der Waals surface area contributed by atoms with Crippen molar-refractivity contribution in [3.63, 3.8) is 0 Å². The van der Waals surface area contributed by atoms with E-state index in [-0.39, 0.29) is 6.79 Å². The molecule has 1 aromatic carbocycles. The number of methoxy groups -OCH3 is 1. The van der Waals surface area contributed by atoms with Crippen LogP contribution in [0.5, 0.6) is 17.2 Å². The van der Waals surface area contributed by atoms with Crippen molar-refractivity contribution in [1.82, 2.24) is 0 Å². The number of H-pyrrole nitrogens is 1. The number of nitrogens with one attached hydrogen (secondary N) is 3. The van der Waals surface area contributed by atoms with E-state index in [1.54, 1.807) is 16.9 Å². The standard InChI is InChI=1S/C19H23N3O3/c1-23-17-9-16(10-18-19(17)25-14-24-18)13-22-7-5-21(6-8-22)12-15-3-2-4-20-11-15/h2-4,9-11H,5-8,12-14H2,1H3/p+3. The van der Waals surface area contributed by atoms with Gasteiger partial charge in [-0.3, -0.25) is 0 Å². The molecular weight excluding hydrogens is 318 g/mol. The number of aromatic nitrogens is 1. The molecule has 6 heteroatoms. The predicted octanol–water partition coefficient (Wildman–Crippen LogP) is -1.28. The first kappa shape index (κ1) is 16.2. The number of hydrogen-bond acceptors (Lipinski definition) is 3. The summed E-state index contributed by atoms with van der Waals surface area (Å²) in [6.07, 6.45) is 4.06. The molecule has 0 spiro atoms. The molecule has 4 rings (SSSR count). The quantitative estimate of drug-likeness (QED) is 0.711. The van der Waals surface area contributed by atoms with Gasteiger partial charge in [-0.1, -0.05) is 0 Å². The molecule has 0 amide bonds. The van der Waals surface area contributed by atoms with Crippen molar-refractivity contribution >= 4 is 0 Å². The number of pyridine rings is 1. The molecule has 2 aliphatic heterocycles. The molecule has 0 saturated carbocycles. The average molecular weight is 344 g/mol. The molecule has 1 fully saturated rings. The van der Waals surface area contributed by atoms with Gasteiger partial charge in [0.25, 0.3) is 0 Å². The van der Waals surface area contributed by atoms with Gasteiger partial charge in [-0.15, -0.1) is 0 Å². The van der Waals surface area contributed by atoms with E-state index in [0.29, 0.717) is 0 Å². The molecule has 2 aromatic rings. The Hall–Kier alpha value is -2.31. The van der Waals surface area contributed by atoms with Crippen LogP contribution in [-0.4, -0.2) is 40.1 Å².